The quantitative estimate of drug-likeness (QED) is 0.734. The molecule has 0 aliphatic rings. The lowest BCUT2D eigenvalue weighted by Crippen LogP contribution is -2.11. The summed E-state index contributed by atoms with van der Waals surface area (Å²) in [6, 6.07) is 5.21. The molecule has 0 fully saturated rings. The highest BCUT2D eigenvalue weighted by molar-refractivity contribution is 7.98. The fourth-order valence-corrected chi connectivity index (χ4v) is 3.60. The molecule has 114 valence electrons. The molecule has 0 bridgehead atoms. The SMILES string of the molecule is CSCC[C@H](N)c1nnc(SCc2c(Cl)cccc2Cl)o1. The second-order valence-corrected chi connectivity index (χ2v) is 7.01. The van der Waals surface area contributed by atoms with Crippen LogP contribution in [-0.4, -0.2) is 22.2 Å². The van der Waals surface area contributed by atoms with Gasteiger partial charge >= 0.3 is 0 Å². The topological polar surface area (TPSA) is 64.9 Å². The summed E-state index contributed by atoms with van der Waals surface area (Å²) in [4.78, 5) is 0. The zero-order valence-corrected chi connectivity index (χ0v) is 14.5. The van der Waals surface area contributed by atoms with Crippen LogP contribution in [0.25, 0.3) is 0 Å². The van der Waals surface area contributed by atoms with E-state index in [0.717, 1.165) is 17.7 Å². The largest absolute Gasteiger partial charge is 0.414 e. The Morgan fingerprint density at radius 2 is 2.00 bits per heavy atom. The van der Waals surface area contributed by atoms with Crippen molar-refractivity contribution in [2.45, 2.75) is 23.4 Å². The highest BCUT2D eigenvalue weighted by Crippen LogP contribution is 2.31. The van der Waals surface area contributed by atoms with Gasteiger partial charge in [-0.2, -0.15) is 11.8 Å². The second kappa shape index (κ2) is 8.29. The molecule has 0 spiro atoms. The molecule has 1 aromatic heterocycles. The molecule has 1 heterocycles. The van der Waals surface area contributed by atoms with Crippen molar-refractivity contribution in [3.05, 3.63) is 39.7 Å². The first kappa shape index (κ1) is 17.0. The third-order valence-corrected chi connectivity index (χ3v) is 4.97. The van der Waals surface area contributed by atoms with Crippen molar-refractivity contribution >= 4 is 46.7 Å². The predicted molar refractivity (Wildman–Crippen MR) is 90.2 cm³/mol. The first-order valence-corrected chi connectivity index (χ1v) is 9.39. The van der Waals surface area contributed by atoms with Gasteiger partial charge in [0, 0.05) is 15.8 Å². The number of rotatable bonds is 7. The molecule has 0 saturated carbocycles. The molecule has 0 saturated heterocycles. The molecule has 4 nitrogen and oxygen atoms in total. The molecule has 21 heavy (non-hydrogen) atoms. The lowest BCUT2D eigenvalue weighted by atomic mass is 10.2. The number of nitrogens with zero attached hydrogens (tertiary/aromatic N) is 2. The van der Waals surface area contributed by atoms with E-state index < -0.39 is 0 Å². The van der Waals surface area contributed by atoms with Gasteiger partial charge in [-0.05, 0) is 36.1 Å². The average molecular weight is 364 g/mol. The van der Waals surface area contributed by atoms with E-state index in [-0.39, 0.29) is 6.04 Å². The minimum Gasteiger partial charge on any atom is -0.414 e. The maximum Gasteiger partial charge on any atom is 0.276 e. The smallest absolute Gasteiger partial charge is 0.276 e. The summed E-state index contributed by atoms with van der Waals surface area (Å²) in [7, 11) is 0. The van der Waals surface area contributed by atoms with Gasteiger partial charge in [0.2, 0.25) is 5.89 Å². The van der Waals surface area contributed by atoms with Gasteiger partial charge in [0.25, 0.3) is 5.22 Å². The van der Waals surface area contributed by atoms with Crippen LogP contribution in [0.3, 0.4) is 0 Å². The number of thioether (sulfide) groups is 2. The van der Waals surface area contributed by atoms with Gasteiger partial charge in [-0.3, -0.25) is 0 Å². The molecular weight excluding hydrogens is 349 g/mol. The molecule has 0 unspecified atom stereocenters. The van der Waals surface area contributed by atoms with Crippen LogP contribution < -0.4 is 5.73 Å². The van der Waals surface area contributed by atoms with Crippen LogP contribution in [0.15, 0.2) is 27.8 Å². The lowest BCUT2D eigenvalue weighted by Gasteiger charge is -2.05. The standard InChI is InChI=1S/C13H15Cl2N3OS2/c1-20-6-5-11(16)12-17-18-13(19-12)21-7-8-9(14)3-2-4-10(8)15/h2-4,11H,5-7,16H2,1H3/t11-/m0/s1. The molecule has 1 aromatic carbocycles. The molecule has 0 amide bonds. The molecule has 1 atom stereocenters. The van der Waals surface area contributed by atoms with Gasteiger partial charge in [-0.25, -0.2) is 0 Å². The van der Waals surface area contributed by atoms with Crippen LogP contribution >= 0.6 is 46.7 Å². The number of hydrogen-bond donors (Lipinski definition) is 1. The molecular formula is C13H15Cl2N3OS2. The Kier molecular flexibility index (Phi) is 6.70. The summed E-state index contributed by atoms with van der Waals surface area (Å²) >= 11 is 15.4. The normalized spacial score (nSPS) is 12.6. The van der Waals surface area contributed by atoms with E-state index in [2.05, 4.69) is 10.2 Å². The van der Waals surface area contributed by atoms with E-state index in [1.807, 2.05) is 12.3 Å². The van der Waals surface area contributed by atoms with Crippen molar-refractivity contribution in [2.75, 3.05) is 12.0 Å². The van der Waals surface area contributed by atoms with Gasteiger partial charge < -0.3 is 10.2 Å². The van der Waals surface area contributed by atoms with Gasteiger partial charge in [-0.1, -0.05) is 41.0 Å². The van der Waals surface area contributed by atoms with E-state index >= 15 is 0 Å². The van der Waals surface area contributed by atoms with E-state index in [0.29, 0.717) is 26.9 Å². The molecule has 0 aliphatic carbocycles. The third kappa shape index (κ3) is 4.79. The monoisotopic (exact) mass is 363 g/mol. The van der Waals surface area contributed by atoms with Crippen LogP contribution in [0, 0.1) is 0 Å². The van der Waals surface area contributed by atoms with Crippen molar-refractivity contribution in [3.63, 3.8) is 0 Å². The molecule has 0 radical (unpaired) electrons. The van der Waals surface area contributed by atoms with Gasteiger partial charge in [0.1, 0.15) is 0 Å². The lowest BCUT2D eigenvalue weighted by molar-refractivity contribution is 0.383. The Morgan fingerprint density at radius 1 is 1.29 bits per heavy atom. The van der Waals surface area contributed by atoms with Crippen LogP contribution in [0.4, 0.5) is 0 Å². The van der Waals surface area contributed by atoms with Crippen molar-refractivity contribution in [1.29, 1.82) is 0 Å². The summed E-state index contributed by atoms with van der Waals surface area (Å²) in [6.07, 6.45) is 2.85. The van der Waals surface area contributed by atoms with Crippen molar-refractivity contribution in [3.8, 4) is 0 Å². The first-order valence-electron chi connectivity index (χ1n) is 6.25. The minimum absolute atomic E-state index is 0.219. The number of halogens is 2. The number of hydrogen-bond acceptors (Lipinski definition) is 6. The average Bonchev–Trinajstić information content (AvgIpc) is 2.93. The molecule has 0 aliphatic heterocycles. The van der Waals surface area contributed by atoms with E-state index in [1.165, 1.54) is 11.8 Å². The molecule has 2 N–H and O–H groups in total. The highest BCUT2D eigenvalue weighted by atomic mass is 35.5. The molecule has 2 rings (SSSR count). The molecule has 2 aromatic rings. The van der Waals surface area contributed by atoms with Crippen LogP contribution in [-0.2, 0) is 5.75 Å². The fourth-order valence-electron chi connectivity index (χ4n) is 1.60. The van der Waals surface area contributed by atoms with E-state index in [1.54, 1.807) is 23.9 Å². The summed E-state index contributed by atoms with van der Waals surface area (Å²) < 4.78 is 5.56. The Hall–Kier alpha value is -0.400. The van der Waals surface area contributed by atoms with Crippen LogP contribution in [0.5, 0.6) is 0 Å². The van der Waals surface area contributed by atoms with Crippen molar-refractivity contribution < 1.29 is 4.42 Å². The highest BCUT2D eigenvalue weighted by Gasteiger charge is 2.15. The second-order valence-electron chi connectivity index (χ2n) is 4.28. The van der Waals surface area contributed by atoms with Crippen LogP contribution in [0.2, 0.25) is 10.0 Å². The zero-order chi connectivity index (χ0) is 15.2. The van der Waals surface area contributed by atoms with Crippen molar-refractivity contribution in [2.24, 2.45) is 5.73 Å². The van der Waals surface area contributed by atoms with Gasteiger partial charge in [0.05, 0.1) is 6.04 Å². The fraction of sp³-hybridized carbons (Fsp3) is 0.385. The Bertz CT molecular complexity index is 574. The zero-order valence-electron chi connectivity index (χ0n) is 11.4. The Balaban J connectivity index is 1.97. The number of benzene rings is 1. The van der Waals surface area contributed by atoms with Gasteiger partial charge in [-0.15, -0.1) is 10.2 Å². The summed E-state index contributed by atoms with van der Waals surface area (Å²) in [6.45, 7) is 0. The minimum atomic E-state index is -0.219. The Morgan fingerprint density at radius 3 is 2.67 bits per heavy atom. The van der Waals surface area contributed by atoms with E-state index in [4.69, 9.17) is 33.4 Å². The molecule has 8 heteroatoms. The number of aromatic nitrogens is 2. The summed E-state index contributed by atoms with van der Waals surface area (Å²) in [5, 5.41) is 9.72. The number of nitrogens with two attached hydrogens (primary N) is 1. The van der Waals surface area contributed by atoms with E-state index in [9.17, 15) is 0 Å². The maximum absolute atomic E-state index is 6.12. The summed E-state index contributed by atoms with van der Waals surface area (Å²) in [5.41, 5.74) is 6.85. The van der Waals surface area contributed by atoms with Crippen LogP contribution in [0.1, 0.15) is 23.9 Å². The van der Waals surface area contributed by atoms with Crippen molar-refractivity contribution in [1.82, 2.24) is 10.2 Å². The predicted octanol–water partition coefficient (Wildman–Crippen LogP) is 4.42. The van der Waals surface area contributed by atoms with Gasteiger partial charge in [0.15, 0.2) is 0 Å². The first-order chi connectivity index (χ1) is 10.1. The Labute approximate surface area is 142 Å². The maximum atomic E-state index is 6.12. The summed E-state index contributed by atoms with van der Waals surface area (Å²) in [5.74, 6) is 2.00. The third-order valence-electron chi connectivity index (χ3n) is 2.77.